The summed E-state index contributed by atoms with van der Waals surface area (Å²) in [5.41, 5.74) is 0. The number of para-hydroxylation sites is 2. The fourth-order valence-electron chi connectivity index (χ4n) is 1.65. The van der Waals surface area contributed by atoms with Crippen LogP contribution in [0.15, 0.2) is 58.3 Å². The summed E-state index contributed by atoms with van der Waals surface area (Å²) in [7, 11) is -2.20. The predicted molar refractivity (Wildman–Crippen MR) is 78.8 cm³/mol. The maximum absolute atomic E-state index is 11.6. The molecule has 2 aromatic carbocycles. The zero-order valence-corrected chi connectivity index (χ0v) is 17.9. The van der Waals surface area contributed by atoms with E-state index in [0.717, 1.165) is 0 Å². The fraction of sp³-hybridized carbons (Fsp3) is 0.143. The van der Waals surface area contributed by atoms with Crippen LogP contribution in [0.2, 0.25) is 0 Å². The number of benzene rings is 2. The molecule has 2 unspecified atom stereocenters. The molecule has 124 valence electrons. The van der Waals surface area contributed by atoms with E-state index < -0.39 is 45.7 Å². The van der Waals surface area contributed by atoms with Crippen LogP contribution in [0, 0.1) is 0 Å². The van der Waals surface area contributed by atoms with Crippen molar-refractivity contribution in [1.82, 2.24) is 0 Å². The van der Waals surface area contributed by atoms with E-state index in [2.05, 4.69) is 0 Å². The Morgan fingerprint density at radius 3 is 1.43 bits per heavy atom. The van der Waals surface area contributed by atoms with Crippen LogP contribution >= 0.6 is 0 Å². The van der Waals surface area contributed by atoms with E-state index in [-0.39, 0.29) is 24.8 Å². The summed E-state index contributed by atoms with van der Waals surface area (Å²) in [4.78, 5) is 1.32. The third kappa shape index (κ3) is 6.67. The van der Waals surface area contributed by atoms with Crippen LogP contribution in [-0.2, 0) is 45.7 Å². The second-order valence-corrected chi connectivity index (χ2v) is 8.20. The van der Waals surface area contributed by atoms with E-state index in [1.165, 1.54) is 0 Å². The molecule has 0 fully saturated rings. The van der Waals surface area contributed by atoms with Crippen LogP contribution in [-0.4, -0.2) is 20.9 Å². The molecule has 2 atom stereocenters. The van der Waals surface area contributed by atoms with Crippen molar-refractivity contribution in [2.75, 3.05) is 12.5 Å². The second kappa shape index (κ2) is 11.4. The molecule has 0 aliphatic rings. The molecular weight excluding hydrogens is 458 g/mol. The van der Waals surface area contributed by atoms with E-state index in [4.69, 9.17) is 5.63 Å². The third-order valence-corrected chi connectivity index (χ3v) is 6.03. The molecule has 0 heterocycles. The van der Waals surface area contributed by atoms with Crippen LogP contribution in [0.4, 0.5) is 0 Å². The molecular formula is C14H14Cl2O4S2Zr. The van der Waals surface area contributed by atoms with Gasteiger partial charge in [0.2, 0.25) is 0 Å². The van der Waals surface area contributed by atoms with Gasteiger partial charge in [-0.05, 0) is 0 Å². The van der Waals surface area contributed by atoms with Crippen LogP contribution in [0.25, 0.3) is 0 Å². The van der Waals surface area contributed by atoms with Crippen molar-refractivity contribution in [2.24, 2.45) is 0 Å². The Morgan fingerprint density at radius 2 is 1.09 bits per heavy atom. The van der Waals surface area contributed by atoms with Crippen LogP contribution in [0.3, 0.4) is 0 Å². The Morgan fingerprint density at radius 1 is 0.739 bits per heavy atom. The van der Waals surface area contributed by atoms with Gasteiger partial charge in [0.15, 0.2) is 0 Å². The molecule has 2 rings (SSSR count). The maximum Gasteiger partial charge on any atom is -1.00 e. The van der Waals surface area contributed by atoms with Crippen molar-refractivity contribution in [3.05, 3.63) is 48.5 Å². The minimum atomic E-state index is -1.66. The van der Waals surface area contributed by atoms with Gasteiger partial charge >= 0.3 is 142 Å². The molecule has 9 heteroatoms. The van der Waals surface area contributed by atoms with Crippen LogP contribution in [0.5, 0.6) is 11.5 Å². The van der Waals surface area contributed by atoms with E-state index in [9.17, 15) is 8.42 Å². The molecule has 4 nitrogen and oxygen atoms in total. The molecule has 0 radical (unpaired) electrons. The summed E-state index contributed by atoms with van der Waals surface area (Å²) in [5, 5.41) is 0. The van der Waals surface area contributed by atoms with Gasteiger partial charge in [0.25, 0.3) is 0 Å². The van der Waals surface area contributed by atoms with Crippen LogP contribution < -0.4 is 30.4 Å². The number of hydrogen-bond donors (Lipinski definition) is 0. The average Bonchev–Trinajstić information content (AvgIpc) is 2.48. The molecule has 0 aliphatic heterocycles. The topological polar surface area (TPSA) is 52.6 Å². The Labute approximate surface area is 165 Å². The predicted octanol–water partition coefficient (Wildman–Crippen LogP) is -3.46. The van der Waals surface area contributed by atoms with E-state index in [1.54, 1.807) is 36.8 Å². The quantitative estimate of drug-likeness (QED) is 0.439. The Bertz CT molecular complexity index is 628. The van der Waals surface area contributed by atoms with Gasteiger partial charge in [0.1, 0.15) is 0 Å². The Kier molecular flexibility index (Phi) is 11.3. The maximum atomic E-state index is 11.6. The van der Waals surface area contributed by atoms with Gasteiger partial charge in [-0.25, -0.2) is 0 Å². The second-order valence-electron chi connectivity index (χ2n) is 4.09. The third-order valence-electron chi connectivity index (χ3n) is 2.62. The fourth-order valence-corrected chi connectivity index (χ4v) is 4.76. The largest absolute Gasteiger partial charge is 1.00 e. The Hall–Kier alpha value is -0.197. The smallest absolute Gasteiger partial charge is 1.00 e. The summed E-state index contributed by atoms with van der Waals surface area (Å²) < 4.78 is 34.6. The minimum absolute atomic E-state index is 0. The summed E-state index contributed by atoms with van der Waals surface area (Å²) >= 11 is -1.66. The zero-order chi connectivity index (χ0) is 15.2. The zero-order valence-electron chi connectivity index (χ0n) is 12.3. The first-order chi connectivity index (χ1) is 10.1. The standard InChI is InChI=1S/2C7H8O2S.2ClH.Zr/c2*1-10(9)7-5-3-2-4-6(7)8;;;/h2*2-5,8H,1H3;2*1H;/q;;;;+4/p-4. The van der Waals surface area contributed by atoms with Crippen LogP contribution in [0.1, 0.15) is 0 Å². The van der Waals surface area contributed by atoms with Crippen molar-refractivity contribution in [3.63, 3.8) is 0 Å². The molecule has 0 amide bonds. The van der Waals surface area contributed by atoms with Crippen molar-refractivity contribution in [3.8, 4) is 11.5 Å². The van der Waals surface area contributed by atoms with Gasteiger partial charge in [-0.2, -0.15) is 0 Å². The number of halogens is 2. The number of rotatable bonds is 6. The van der Waals surface area contributed by atoms with Gasteiger partial charge in [-0.1, -0.05) is 0 Å². The van der Waals surface area contributed by atoms with E-state index in [0.29, 0.717) is 21.3 Å². The Balaban J connectivity index is 0.00000242. The molecule has 0 aromatic heterocycles. The van der Waals surface area contributed by atoms with Gasteiger partial charge in [0.05, 0.1) is 0 Å². The van der Waals surface area contributed by atoms with Crippen molar-refractivity contribution < 1.29 is 63.0 Å². The minimum Gasteiger partial charge on any atom is -1.00 e. The number of hydrogen-bond acceptors (Lipinski definition) is 4. The molecule has 23 heavy (non-hydrogen) atoms. The van der Waals surface area contributed by atoms with Crippen molar-refractivity contribution >= 4 is 21.6 Å². The SMILES string of the molecule is CS(=O)c1ccccc1[O][Zr+2][O]c1ccccc1S(C)=O.[Cl-].[Cl-]. The molecule has 0 saturated heterocycles. The molecule has 2 aromatic rings. The summed E-state index contributed by atoms with van der Waals surface area (Å²) in [5.74, 6) is 1.19. The normalized spacial score (nSPS) is 11.9. The van der Waals surface area contributed by atoms with Gasteiger partial charge in [0, 0.05) is 0 Å². The first-order valence-electron chi connectivity index (χ1n) is 6.03. The summed E-state index contributed by atoms with van der Waals surface area (Å²) in [6, 6.07) is 14.4. The van der Waals surface area contributed by atoms with Gasteiger partial charge in [-0.15, -0.1) is 0 Å². The van der Waals surface area contributed by atoms with Crippen molar-refractivity contribution in [1.29, 1.82) is 0 Å². The van der Waals surface area contributed by atoms with Gasteiger partial charge < -0.3 is 24.8 Å². The summed E-state index contributed by atoms with van der Waals surface area (Å²) in [6.45, 7) is 0. The molecule has 0 N–H and O–H groups in total. The molecule has 0 aliphatic carbocycles. The molecule has 0 spiro atoms. The van der Waals surface area contributed by atoms with Gasteiger partial charge in [-0.3, -0.25) is 0 Å². The first-order valence-corrected chi connectivity index (χ1v) is 11.2. The monoisotopic (exact) mass is 470 g/mol. The summed E-state index contributed by atoms with van der Waals surface area (Å²) in [6.07, 6.45) is 3.23. The van der Waals surface area contributed by atoms with E-state index >= 15 is 0 Å². The van der Waals surface area contributed by atoms with E-state index in [1.807, 2.05) is 24.3 Å². The average molecular weight is 473 g/mol. The first kappa shape index (κ1) is 22.8. The van der Waals surface area contributed by atoms with Crippen molar-refractivity contribution in [2.45, 2.75) is 9.79 Å². The molecule has 0 saturated carbocycles. The molecule has 0 bridgehead atoms.